The van der Waals surface area contributed by atoms with Crippen LogP contribution in [-0.2, 0) is 11.2 Å². The molecule has 0 fully saturated rings. The van der Waals surface area contributed by atoms with Crippen molar-refractivity contribution in [3.05, 3.63) is 35.4 Å². The summed E-state index contributed by atoms with van der Waals surface area (Å²) in [6.07, 6.45) is 2.19. The van der Waals surface area contributed by atoms with E-state index in [-0.39, 0.29) is 11.9 Å². The number of hydrogen-bond acceptors (Lipinski definition) is 2. The number of nitrogens with one attached hydrogen (secondary N) is 2. The zero-order chi connectivity index (χ0) is 11.5. The monoisotopic (exact) mass is 218 g/mol. The van der Waals surface area contributed by atoms with E-state index >= 15 is 0 Å². The number of rotatable bonds is 3. The molecule has 0 spiro atoms. The number of fused-ring (bicyclic) bond motifs is 1. The maximum Gasteiger partial charge on any atom is 0.236 e. The normalized spacial score (nSPS) is 20.2. The van der Waals surface area contributed by atoms with Gasteiger partial charge in [-0.1, -0.05) is 24.3 Å². The molecular weight excluding hydrogens is 200 g/mol. The third-order valence-corrected chi connectivity index (χ3v) is 3.22. The van der Waals surface area contributed by atoms with E-state index in [0.29, 0.717) is 6.04 Å². The highest BCUT2D eigenvalue weighted by Crippen LogP contribution is 2.30. The van der Waals surface area contributed by atoms with Gasteiger partial charge in [-0.25, -0.2) is 0 Å². The van der Waals surface area contributed by atoms with Crippen molar-refractivity contribution in [3.8, 4) is 0 Å². The lowest BCUT2D eigenvalue weighted by Gasteiger charge is -2.19. The van der Waals surface area contributed by atoms with Crippen LogP contribution in [0.3, 0.4) is 0 Å². The number of aryl methyl sites for hydroxylation is 1. The second-order valence-corrected chi connectivity index (χ2v) is 4.29. The van der Waals surface area contributed by atoms with E-state index in [1.807, 2.05) is 6.92 Å². The van der Waals surface area contributed by atoms with E-state index in [1.165, 1.54) is 11.1 Å². The van der Waals surface area contributed by atoms with Gasteiger partial charge in [-0.2, -0.15) is 0 Å². The molecule has 1 aromatic carbocycles. The lowest BCUT2D eigenvalue weighted by Crippen LogP contribution is -2.41. The fourth-order valence-electron chi connectivity index (χ4n) is 2.32. The van der Waals surface area contributed by atoms with E-state index in [4.69, 9.17) is 0 Å². The first-order chi connectivity index (χ1) is 7.72. The van der Waals surface area contributed by atoms with Crippen LogP contribution in [0, 0.1) is 0 Å². The molecule has 0 aromatic heterocycles. The van der Waals surface area contributed by atoms with Gasteiger partial charge in [0.25, 0.3) is 0 Å². The first-order valence-corrected chi connectivity index (χ1v) is 5.78. The van der Waals surface area contributed by atoms with Gasteiger partial charge in [-0.15, -0.1) is 0 Å². The summed E-state index contributed by atoms with van der Waals surface area (Å²) >= 11 is 0. The van der Waals surface area contributed by atoms with Crippen LogP contribution in [0.5, 0.6) is 0 Å². The Morgan fingerprint density at radius 1 is 1.44 bits per heavy atom. The summed E-state index contributed by atoms with van der Waals surface area (Å²) in [4.78, 5) is 11.4. The van der Waals surface area contributed by atoms with Gasteiger partial charge in [-0.3, -0.25) is 10.1 Å². The Morgan fingerprint density at radius 3 is 2.94 bits per heavy atom. The second-order valence-electron chi connectivity index (χ2n) is 4.29. The molecule has 2 atom stereocenters. The SMILES string of the molecule is CNC(=O)C(C)NC1CCc2ccccc21. The molecule has 3 nitrogen and oxygen atoms in total. The van der Waals surface area contributed by atoms with Gasteiger partial charge in [0.15, 0.2) is 0 Å². The molecule has 2 N–H and O–H groups in total. The summed E-state index contributed by atoms with van der Waals surface area (Å²) < 4.78 is 0. The number of benzene rings is 1. The first kappa shape index (κ1) is 11.1. The lowest BCUT2D eigenvalue weighted by atomic mass is 10.1. The summed E-state index contributed by atoms with van der Waals surface area (Å²) in [6, 6.07) is 8.63. The van der Waals surface area contributed by atoms with Crippen molar-refractivity contribution in [2.75, 3.05) is 7.05 Å². The number of amides is 1. The molecule has 0 saturated heterocycles. The molecular formula is C13H18N2O. The smallest absolute Gasteiger partial charge is 0.236 e. The minimum Gasteiger partial charge on any atom is -0.358 e. The number of carbonyl (C=O) groups is 1. The van der Waals surface area contributed by atoms with Crippen molar-refractivity contribution in [2.24, 2.45) is 0 Å². The van der Waals surface area contributed by atoms with Crippen LogP contribution in [0.25, 0.3) is 0 Å². The molecule has 0 radical (unpaired) electrons. The van der Waals surface area contributed by atoms with E-state index in [9.17, 15) is 4.79 Å². The molecule has 2 rings (SSSR count). The Labute approximate surface area is 96.2 Å². The molecule has 0 bridgehead atoms. The van der Waals surface area contributed by atoms with Gasteiger partial charge >= 0.3 is 0 Å². The van der Waals surface area contributed by atoms with Crippen LogP contribution in [0.15, 0.2) is 24.3 Å². The molecule has 1 amide bonds. The van der Waals surface area contributed by atoms with Crippen molar-refractivity contribution in [1.82, 2.24) is 10.6 Å². The highest BCUT2D eigenvalue weighted by atomic mass is 16.2. The van der Waals surface area contributed by atoms with Gasteiger partial charge in [0, 0.05) is 13.1 Å². The molecule has 86 valence electrons. The number of likely N-dealkylation sites (N-methyl/N-ethyl adjacent to an activating group) is 1. The Bertz CT molecular complexity index is 389. The third-order valence-electron chi connectivity index (χ3n) is 3.22. The quantitative estimate of drug-likeness (QED) is 0.805. The van der Waals surface area contributed by atoms with Crippen molar-refractivity contribution in [2.45, 2.75) is 31.8 Å². The average molecular weight is 218 g/mol. The van der Waals surface area contributed by atoms with Crippen LogP contribution in [0.1, 0.15) is 30.5 Å². The largest absolute Gasteiger partial charge is 0.358 e. The van der Waals surface area contributed by atoms with Gasteiger partial charge < -0.3 is 5.32 Å². The Kier molecular flexibility index (Phi) is 3.25. The van der Waals surface area contributed by atoms with E-state index < -0.39 is 0 Å². The Balaban J connectivity index is 2.06. The topological polar surface area (TPSA) is 41.1 Å². The van der Waals surface area contributed by atoms with Gasteiger partial charge in [-0.05, 0) is 30.9 Å². The predicted molar refractivity (Wildman–Crippen MR) is 64.2 cm³/mol. The van der Waals surface area contributed by atoms with Crippen LogP contribution < -0.4 is 10.6 Å². The van der Waals surface area contributed by atoms with Gasteiger partial charge in [0.05, 0.1) is 6.04 Å². The Hall–Kier alpha value is -1.35. The summed E-state index contributed by atoms with van der Waals surface area (Å²) in [7, 11) is 1.67. The van der Waals surface area contributed by atoms with E-state index in [2.05, 4.69) is 34.9 Å². The minimum atomic E-state index is -0.138. The maximum absolute atomic E-state index is 11.4. The van der Waals surface area contributed by atoms with Crippen molar-refractivity contribution in [3.63, 3.8) is 0 Å². The summed E-state index contributed by atoms with van der Waals surface area (Å²) in [5.41, 5.74) is 2.75. The second kappa shape index (κ2) is 4.66. The van der Waals surface area contributed by atoms with Gasteiger partial charge in [0.2, 0.25) is 5.91 Å². The molecule has 2 unspecified atom stereocenters. The molecule has 3 heteroatoms. The molecule has 0 saturated carbocycles. The van der Waals surface area contributed by atoms with E-state index in [1.54, 1.807) is 7.05 Å². The highest BCUT2D eigenvalue weighted by molar-refractivity contribution is 5.81. The maximum atomic E-state index is 11.4. The summed E-state index contributed by atoms with van der Waals surface area (Å²) in [5.74, 6) is 0.0457. The van der Waals surface area contributed by atoms with Crippen molar-refractivity contribution < 1.29 is 4.79 Å². The summed E-state index contributed by atoms with van der Waals surface area (Å²) in [6.45, 7) is 1.90. The first-order valence-electron chi connectivity index (χ1n) is 5.78. The fraction of sp³-hybridized carbons (Fsp3) is 0.462. The van der Waals surface area contributed by atoms with Crippen LogP contribution in [0.2, 0.25) is 0 Å². The molecule has 1 aromatic rings. The molecule has 16 heavy (non-hydrogen) atoms. The van der Waals surface area contributed by atoms with Gasteiger partial charge in [0.1, 0.15) is 0 Å². The van der Waals surface area contributed by atoms with Crippen molar-refractivity contribution in [1.29, 1.82) is 0 Å². The third kappa shape index (κ3) is 2.09. The molecule has 1 aliphatic carbocycles. The number of hydrogen-bond donors (Lipinski definition) is 2. The Morgan fingerprint density at radius 2 is 2.19 bits per heavy atom. The van der Waals surface area contributed by atoms with Crippen molar-refractivity contribution >= 4 is 5.91 Å². The zero-order valence-corrected chi connectivity index (χ0v) is 9.79. The van der Waals surface area contributed by atoms with E-state index in [0.717, 1.165) is 12.8 Å². The molecule has 0 aliphatic heterocycles. The van der Waals surface area contributed by atoms with Crippen LogP contribution >= 0.6 is 0 Å². The summed E-state index contributed by atoms with van der Waals surface area (Å²) in [5, 5.41) is 6.03. The fourth-order valence-corrected chi connectivity index (χ4v) is 2.32. The minimum absolute atomic E-state index is 0.0457. The molecule has 0 heterocycles. The zero-order valence-electron chi connectivity index (χ0n) is 9.79. The molecule has 1 aliphatic rings. The number of carbonyl (C=O) groups excluding carboxylic acids is 1. The average Bonchev–Trinajstić information content (AvgIpc) is 2.72. The lowest BCUT2D eigenvalue weighted by molar-refractivity contribution is -0.122. The van der Waals surface area contributed by atoms with Crippen LogP contribution in [0.4, 0.5) is 0 Å². The standard InChI is InChI=1S/C13H18N2O/c1-9(13(16)14-2)15-12-8-7-10-5-3-4-6-11(10)12/h3-6,9,12,15H,7-8H2,1-2H3,(H,14,16). The van der Waals surface area contributed by atoms with Crippen LogP contribution in [-0.4, -0.2) is 19.0 Å². The predicted octanol–water partition coefficient (Wildman–Crippen LogP) is 1.40. The highest BCUT2D eigenvalue weighted by Gasteiger charge is 2.24.